The first-order chi connectivity index (χ1) is 17.8. The third-order valence-electron chi connectivity index (χ3n) is 5.17. The average Bonchev–Trinajstić information content (AvgIpc) is 2.83. The predicted octanol–water partition coefficient (Wildman–Crippen LogP) is -3.91. The Hall–Kier alpha value is -3.31. The van der Waals surface area contributed by atoms with Gasteiger partial charge in [-0.05, 0) is 51.0 Å². The molecule has 0 aromatic rings. The summed E-state index contributed by atoms with van der Waals surface area (Å²) >= 11 is 1.41. The number of aliphatic carboxylic acids is 1. The number of carboxylic acids is 1. The molecule has 0 spiro atoms. The van der Waals surface area contributed by atoms with Gasteiger partial charge in [0.25, 0.3) is 0 Å². The summed E-state index contributed by atoms with van der Waals surface area (Å²) in [7, 11) is 0. The molecule has 0 aromatic heterocycles. The van der Waals surface area contributed by atoms with Gasteiger partial charge in [0.1, 0.15) is 12.1 Å². The zero-order valence-electron chi connectivity index (χ0n) is 21.8. The highest BCUT2D eigenvalue weighted by Gasteiger charge is 2.31. The number of nitrogens with two attached hydrogens (primary N) is 5. The Bertz CT molecular complexity index is 833. The number of guanidine groups is 2. The summed E-state index contributed by atoms with van der Waals surface area (Å²) in [6.45, 7) is 1.69. The number of aliphatic hydroxyl groups excluding tert-OH is 1. The van der Waals surface area contributed by atoms with Crippen molar-refractivity contribution in [2.75, 3.05) is 25.1 Å². The number of nitrogens with one attached hydrogen (secondary N) is 3. The number of aliphatic imine (C=N–C) groups is 2. The van der Waals surface area contributed by atoms with Gasteiger partial charge in [-0.25, -0.2) is 4.79 Å². The monoisotopic (exact) mass is 562 g/mol. The van der Waals surface area contributed by atoms with Crippen molar-refractivity contribution in [3.05, 3.63) is 0 Å². The second-order valence-corrected chi connectivity index (χ2v) is 9.46. The van der Waals surface area contributed by atoms with Crippen LogP contribution in [0.5, 0.6) is 0 Å². The lowest BCUT2D eigenvalue weighted by Crippen LogP contribution is -2.58. The number of carboxylic acid groups (broad SMARTS) is 1. The van der Waals surface area contributed by atoms with Gasteiger partial charge in [-0.3, -0.25) is 24.4 Å². The minimum absolute atomic E-state index is 0.0799. The molecular formula is C21H42N10O6S. The molecule has 0 aliphatic rings. The molecule has 0 saturated carbocycles. The lowest BCUT2D eigenvalue weighted by atomic mass is 10.1. The molecule has 0 bridgehead atoms. The fourth-order valence-corrected chi connectivity index (χ4v) is 3.59. The Morgan fingerprint density at radius 1 is 0.816 bits per heavy atom. The Labute approximate surface area is 226 Å². The van der Waals surface area contributed by atoms with Crippen molar-refractivity contribution < 1.29 is 29.4 Å². The van der Waals surface area contributed by atoms with Crippen LogP contribution in [-0.4, -0.2) is 101 Å². The smallest absolute Gasteiger partial charge is 0.328 e. The second kappa shape index (κ2) is 18.9. The SMILES string of the molecule is CSCCC(NC(=O)C(CCCN=C(N)N)NC(=O)C(N)CCCN=C(N)N)C(=O)NC(C(=O)O)C(C)O. The van der Waals surface area contributed by atoms with Gasteiger partial charge in [0.05, 0.1) is 12.1 Å². The maximum absolute atomic E-state index is 13.1. The molecule has 0 radical (unpaired) electrons. The number of thioether (sulfide) groups is 1. The first-order valence-corrected chi connectivity index (χ1v) is 13.4. The molecule has 0 fully saturated rings. The summed E-state index contributed by atoms with van der Waals surface area (Å²) in [5, 5.41) is 26.3. The van der Waals surface area contributed by atoms with Gasteiger partial charge in [-0.15, -0.1) is 0 Å². The molecule has 16 nitrogen and oxygen atoms in total. The van der Waals surface area contributed by atoms with E-state index in [2.05, 4.69) is 25.9 Å². The molecule has 0 aromatic carbocycles. The first-order valence-electron chi connectivity index (χ1n) is 12.0. The van der Waals surface area contributed by atoms with Crippen LogP contribution < -0.4 is 44.6 Å². The van der Waals surface area contributed by atoms with E-state index in [9.17, 15) is 29.4 Å². The molecule has 0 heterocycles. The van der Waals surface area contributed by atoms with Crippen molar-refractivity contribution in [3.63, 3.8) is 0 Å². The molecule has 0 rings (SSSR count). The van der Waals surface area contributed by atoms with Crippen LogP contribution in [-0.2, 0) is 19.2 Å². The highest BCUT2D eigenvalue weighted by molar-refractivity contribution is 7.98. The molecule has 15 N–H and O–H groups in total. The van der Waals surface area contributed by atoms with Crippen LogP contribution in [0, 0.1) is 0 Å². The summed E-state index contributed by atoms with van der Waals surface area (Å²) in [4.78, 5) is 57.7. The number of hydrogen-bond acceptors (Lipinski definition) is 9. The summed E-state index contributed by atoms with van der Waals surface area (Å²) in [5.74, 6) is -3.23. The minimum atomic E-state index is -1.57. The summed E-state index contributed by atoms with van der Waals surface area (Å²) in [5.41, 5.74) is 27.1. The quantitative estimate of drug-likeness (QED) is 0.0410. The molecule has 17 heteroatoms. The molecule has 0 aliphatic carbocycles. The normalized spacial score (nSPS) is 14.6. The van der Waals surface area contributed by atoms with Crippen LogP contribution in [0.1, 0.15) is 39.0 Å². The minimum Gasteiger partial charge on any atom is -0.480 e. The topological polar surface area (TPSA) is 300 Å². The van der Waals surface area contributed by atoms with E-state index in [1.165, 1.54) is 18.7 Å². The number of nitrogens with zero attached hydrogens (tertiary/aromatic N) is 2. The molecule has 3 amide bonds. The molecule has 218 valence electrons. The summed E-state index contributed by atoms with van der Waals surface area (Å²) < 4.78 is 0. The average molecular weight is 563 g/mol. The molecule has 5 atom stereocenters. The van der Waals surface area contributed by atoms with Crippen LogP contribution in [0.25, 0.3) is 0 Å². The van der Waals surface area contributed by atoms with Crippen molar-refractivity contribution in [2.24, 2.45) is 38.7 Å². The third-order valence-corrected chi connectivity index (χ3v) is 5.82. The largest absolute Gasteiger partial charge is 0.480 e. The van der Waals surface area contributed by atoms with Gasteiger partial charge < -0.3 is 54.8 Å². The Balaban J connectivity index is 5.52. The van der Waals surface area contributed by atoms with E-state index in [0.717, 1.165) is 0 Å². The molecular weight excluding hydrogens is 520 g/mol. The van der Waals surface area contributed by atoms with E-state index >= 15 is 0 Å². The zero-order valence-corrected chi connectivity index (χ0v) is 22.6. The zero-order chi connectivity index (χ0) is 29.3. The Kier molecular flexibility index (Phi) is 17.2. The Morgan fingerprint density at radius 3 is 1.76 bits per heavy atom. The number of rotatable bonds is 19. The highest BCUT2D eigenvalue weighted by atomic mass is 32.2. The van der Waals surface area contributed by atoms with E-state index in [0.29, 0.717) is 18.6 Å². The van der Waals surface area contributed by atoms with E-state index < -0.39 is 54.0 Å². The second-order valence-electron chi connectivity index (χ2n) is 8.47. The van der Waals surface area contributed by atoms with Crippen molar-refractivity contribution in [3.8, 4) is 0 Å². The van der Waals surface area contributed by atoms with Crippen LogP contribution >= 0.6 is 11.8 Å². The van der Waals surface area contributed by atoms with Crippen molar-refractivity contribution in [1.82, 2.24) is 16.0 Å². The maximum Gasteiger partial charge on any atom is 0.328 e. The van der Waals surface area contributed by atoms with Gasteiger partial charge >= 0.3 is 5.97 Å². The van der Waals surface area contributed by atoms with Crippen LogP contribution in [0.2, 0.25) is 0 Å². The molecule has 0 saturated heterocycles. The Morgan fingerprint density at radius 2 is 1.29 bits per heavy atom. The first kappa shape index (κ1) is 34.7. The van der Waals surface area contributed by atoms with Crippen LogP contribution in [0.4, 0.5) is 0 Å². The lowest BCUT2D eigenvalue weighted by molar-refractivity contribution is -0.145. The van der Waals surface area contributed by atoms with E-state index in [1.807, 2.05) is 0 Å². The van der Waals surface area contributed by atoms with E-state index in [-0.39, 0.29) is 44.3 Å². The predicted molar refractivity (Wildman–Crippen MR) is 146 cm³/mol. The number of hydrogen-bond donors (Lipinski definition) is 10. The molecule has 38 heavy (non-hydrogen) atoms. The van der Waals surface area contributed by atoms with Crippen LogP contribution in [0.15, 0.2) is 9.98 Å². The highest BCUT2D eigenvalue weighted by Crippen LogP contribution is 2.06. The van der Waals surface area contributed by atoms with Gasteiger partial charge in [0.2, 0.25) is 17.7 Å². The van der Waals surface area contributed by atoms with Gasteiger partial charge in [0, 0.05) is 13.1 Å². The lowest BCUT2D eigenvalue weighted by Gasteiger charge is -2.25. The van der Waals surface area contributed by atoms with Gasteiger partial charge in [0.15, 0.2) is 18.0 Å². The maximum atomic E-state index is 13.1. The number of carbonyl (C=O) groups is 4. The van der Waals surface area contributed by atoms with Crippen molar-refractivity contribution in [1.29, 1.82) is 0 Å². The van der Waals surface area contributed by atoms with Gasteiger partial charge in [-0.2, -0.15) is 11.8 Å². The molecule has 5 unspecified atom stereocenters. The van der Waals surface area contributed by atoms with Gasteiger partial charge in [-0.1, -0.05) is 0 Å². The van der Waals surface area contributed by atoms with Crippen molar-refractivity contribution in [2.45, 2.75) is 69.3 Å². The number of aliphatic hydroxyl groups is 1. The summed E-state index contributed by atoms with van der Waals surface area (Å²) in [6.07, 6.45) is 1.72. The summed E-state index contributed by atoms with van der Waals surface area (Å²) in [6, 6.07) is -4.73. The molecule has 0 aliphatic heterocycles. The third kappa shape index (κ3) is 15.1. The number of amides is 3. The van der Waals surface area contributed by atoms with Crippen molar-refractivity contribution >= 4 is 47.4 Å². The standard InChI is InChI=1S/C21H42N10O6S/c1-11(32)15(19(36)37)31-18(35)14(7-10-38-2)30-17(34)13(6-4-9-28-21(25)26)29-16(33)12(22)5-3-8-27-20(23)24/h11-15,32H,3-10,22H2,1-2H3,(H,29,33)(H,30,34)(H,31,35)(H,36,37)(H4,23,24,27)(H4,25,26,28). The number of carbonyl (C=O) groups excluding carboxylic acids is 3. The fourth-order valence-electron chi connectivity index (χ4n) is 3.12. The fraction of sp³-hybridized carbons (Fsp3) is 0.714. The van der Waals surface area contributed by atoms with E-state index in [1.54, 1.807) is 6.26 Å². The van der Waals surface area contributed by atoms with E-state index in [4.69, 9.17) is 28.7 Å². The van der Waals surface area contributed by atoms with Crippen LogP contribution in [0.3, 0.4) is 0 Å².